The summed E-state index contributed by atoms with van der Waals surface area (Å²) >= 11 is 0. The number of hydrogen-bond donors (Lipinski definition) is 0. The molecule has 1 aliphatic rings. The van der Waals surface area contributed by atoms with Gasteiger partial charge in [0.1, 0.15) is 5.75 Å². The fourth-order valence-electron chi connectivity index (χ4n) is 2.18. The highest BCUT2D eigenvalue weighted by Gasteiger charge is 2.19. The maximum absolute atomic E-state index is 11.4. The van der Waals surface area contributed by atoms with Crippen LogP contribution in [0.3, 0.4) is 0 Å². The van der Waals surface area contributed by atoms with Crippen molar-refractivity contribution < 1.29 is 17.9 Å². The Balaban J connectivity index is 2.19. The van der Waals surface area contributed by atoms with Crippen molar-refractivity contribution in [3.05, 3.63) is 23.8 Å². The SMILES string of the molecule is CC(C)c1cc(S(=O)(=O)Cl)ccc1OCC1CCOC1. The second-order valence-electron chi connectivity index (χ2n) is 5.33. The third-order valence-electron chi connectivity index (χ3n) is 3.38. The lowest BCUT2D eigenvalue weighted by molar-refractivity contribution is 0.166. The molecular weight excluding hydrogens is 300 g/mol. The normalized spacial score (nSPS) is 19.5. The number of benzene rings is 1. The minimum absolute atomic E-state index is 0.111. The quantitative estimate of drug-likeness (QED) is 0.783. The lowest BCUT2D eigenvalue weighted by Crippen LogP contribution is -2.13. The summed E-state index contributed by atoms with van der Waals surface area (Å²) in [6.07, 6.45) is 1.01. The molecule has 4 nitrogen and oxygen atoms in total. The molecule has 1 heterocycles. The van der Waals surface area contributed by atoms with Crippen molar-refractivity contribution in [1.82, 2.24) is 0 Å². The molecule has 6 heteroatoms. The topological polar surface area (TPSA) is 52.6 Å². The minimum Gasteiger partial charge on any atom is -0.493 e. The molecule has 0 radical (unpaired) electrons. The van der Waals surface area contributed by atoms with Crippen LogP contribution in [0.2, 0.25) is 0 Å². The van der Waals surface area contributed by atoms with E-state index < -0.39 is 9.05 Å². The summed E-state index contributed by atoms with van der Waals surface area (Å²) in [7, 11) is 1.67. The van der Waals surface area contributed by atoms with E-state index >= 15 is 0 Å². The van der Waals surface area contributed by atoms with Gasteiger partial charge in [0.2, 0.25) is 0 Å². The Morgan fingerprint density at radius 3 is 2.75 bits per heavy atom. The molecule has 0 bridgehead atoms. The molecule has 0 amide bonds. The van der Waals surface area contributed by atoms with Crippen molar-refractivity contribution in [2.45, 2.75) is 31.1 Å². The first-order valence-electron chi connectivity index (χ1n) is 6.67. The Bertz CT molecular complexity index is 563. The van der Waals surface area contributed by atoms with Gasteiger partial charge in [0.05, 0.1) is 18.1 Å². The maximum atomic E-state index is 11.4. The fraction of sp³-hybridized carbons (Fsp3) is 0.571. The largest absolute Gasteiger partial charge is 0.493 e. The molecule has 1 fully saturated rings. The van der Waals surface area contributed by atoms with E-state index in [1.807, 2.05) is 13.8 Å². The average Bonchev–Trinajstić information content (AvgIpc) is 2.88. The van der Waals surface area contributed by atoms with E-state index in [4.69, 9.17) is 20.2 Å². The van der Waals surface area contributed by atoms with Gasteiger partial charge in [0, 0.05) is 23.2 Å². The van der Waals surface area contributed by atoms with Crippen LogP contribution in [0.1, 0.15) is 31.7 Å². The van der Waals surface area contributed by atoms with Crippen LogP contribution in [-0.2, 0) is 13.8 Å². The van der Waals surface area contributed by atoms with Crippen molar-refractivity contribution in [1.29, 1.82) is 0 Å². The second-order valence-corrected chi connectivity index (χ2v) is 7.90. The molecule has 1 aromatic rings. The van der Waals surface area contributed by atoms with Gasteiger partial charge in [-0.25, -0.2) is 8.42 Å². The van der Waals surface area contributed by atoms with E-state index in [1.54, 1.807) is 12.1 Å². The Labute approximate surface area is 124 Å². The zero-order valence-electron chi connectivity index (χ0n) is 11.6. The van der Waals surface area contributed by atoms with Crippen LogP contribution in [0.25, 0.3) is 0 Å². The van der Waals surface area contributed by atoms with Crippen LogP contribution < -0.4 is 4.74 Å². The zero-order valence-corrected chi connectivity index (χ0v) is 13.2. The maximum Gasteiger partial charge on any atom is 0.261 e. The highest BCUT2D eigenvalue weighted by atomic mass is 35.7. The summed E-state index contributed by atoms with van der Waals surface area (Å²) in [5.74, 6) is 1.28. The van der Waals surface area contributed by atoms with E-state index in [2.05, 4.69) is 0 Å². The molecule has 1 aromatic carbocycles. The first-order chi connectivity index (χ1) is 9.38. The van der Waals surface area contributed by atoms with Gasteiger partial charge in [-0.2, -0.15) is 0 Å². The van der Waals surface area contributed by atoms with Crippen LogP contribution in [0.4, 0.5) is 0 Å². The molecule has 2 rings (SSSR count). The van der Waals surface area contributed by atoms with Crippen molar-refractivity contribution in [2.75, 3.05) is 19.8 Å². The molecule has 0 N–H and O–H groups in total. The van der Waals surface area contributed by atoms with Crippen molar-refractivity contribution in [2.24, 2.45) is 5.92 Å². The lowest BCUT2D eigenvalue weighted by atomic mass is 10.0. The number of hydrogen-bond acceptors (Lipinski definition) is 4. The molecule has 20 heavy (non-hydrogen) atoms. The summed E-state index contributed by atoms with van der Waals surface area (Å²) in [4.78, 5) is 0.111. The Kier molecular flexibility index (Phi) is 4.94. The molecule has 1 atom stereocenters. The average molecular weight is 319 g/mol. The van der Waals surface area contributed by atoms with Crippen LogP contribution >= 0.6 is 10.7 Å². The van der Waals surface area contributed by atoms with Gasteiger partial charge in [-0.1, -0.05) is 13.8 Å². The monoisotopic (exact) mass is 318 g/mol. The predicted octanol–water partition coefficient (Wildman–Crippen LogP) is 3.15. The van der Waals surface area contributed by atoms with Gasteiger partial charge < -0.3 is 9.47 Å². The molecule has 0 aliphatic carbocycles. The van der Waals surface area contributed by atoms with Crippen molar-refractivity contribution >= 4 is 19.7 Å². The van der Waals surface area contributed by atoms with Crippen LogP contribution in [0.5, 0.6) is 5.75 Å². The molecule has 0 aromatic heterocycles. The van der Waals surface area contributed by atoms with E-state index in [0.717, 1.165) is 30.9 Å². The second kappa shape index (κ2) is 6.33. The molecule has 1 unspecified atom stereocenters. The Morgan fingerprint density at radius 1 is 1.45 bits per heavy atom. The molecular formula is C14H19ClO4S. The van der Waals surface area contributed by atoms with E-state index in [9.17, 15) is 8.42 Å². The van der Waals surface area contributed by atoms with E-state index in [-0.39, 0.29) is 10.8 Å². The smallest absolute Gasteiger partial charge is 0.261 e. The molecule has 0 spiro atoms. The summed E-state index contributed by atoms with van der Waals surface area (Å²) in [6.45, 7) is 6.09. The first-order valence-corrected chi connectivity index (χ1v) is 8.98. The number of ether oxygens (including phenoxy) is 2. The molecule has 112 valence electrons. The summed E-state index contributed by atoms with van der Waals surface area (Å²) in [5.41, 5.74) is 0.852. The number of rotatable bonds is 5. The molecule has 1 aliphatic heterocycles. The van der Waals surface area contributed by atoms with Crippen LogP contribution in [0, 0.1) is 5.92 Å². The summed E-state index contributed by atoms with van der Waals surface area (Å²) < 4.78 is 33.9. The first kappa shape index (κ1) is 15.6. The molecule has 0 saturated carbocycles. The summed E-state index contributed by atoms with van der Waals surface area (Å²) in [5, 5.41) is 0. The fourth-order valence-corrected chi connectivity index (χ4v) is 2.97. The Hall–Kier alpha value is -0.780. The highest BCUT2D eigenvalue weighted by molar-refractivity contribution is 8.13. The van der Waals surface area contributed by atoms with Crippen molar-refractivity contribution in [3.8, 4) is 5.75 Å². The van der Waals surface area contributed by atoms with Gasteiger partial charge in [-0.05, 0) is 36.1 Å². The standard InChI is InChI=1S/C14H19ClO4S/c1-10(2)13-7-12(20(15,16)17)3-4-14(13)19-9-11-5-6-18-8-11/h3-4,7,10-11H,5-6,8-9H2,1-2H3. The van der Waals surface area contributed by atoms with Crippen LogP contribution in [-0.4, -0.2) is 28.2 Å². The highest BCUT2D eigenvalue weighted by Crippen LogP contribution is 2.31. The number of halogens is 1. The van der Waals surface area contributed by atoms with Gasteiger partial charge in [-0.15, -0.1) is 0 Å². The third-order valence-corrected chi connectivity index (χ3v) is 4.73. The van der Waals surface area contributed by atoms with Gasteiger partial charge in [0.15, 0.2) is 0 Å². The minimum atomic E-state index is -3.71. The summed E-state index contributed by atoms with van der Waals surface area (Å²) in [6, 6.07) is 4.75. The Morgan fingerprint density at radius 2 is 2.20 bits per heavy atom. The lowest BCUT2D eigenvalue weighted by Gasteiger charge is -2.16. The third kappa shape index (κ3) is 3.87. The zero-order chi connectivity index (χ0) is 14.8. The van der Waals surface area contributed by atoms with E-state index in [1.165, 1.54) is 6.07 Å². The van der Waals surface area contributed by atoms with Gasteiger partial charge >= 0.3 is 0 Å². The van der Waals surface area contributed by atoms with Gasteiger partial charge in [0.25, 0.3) is 9.05 Å². The van der Waals surface area contributed by atoms with Gasteiger partial charge in [-0.3, -0.25) is 0 Å². The van der Waals surface area contributed by atoms with Crippen LogP contribution in [0.15, 0.2) is 23.1 Å². The van der Waals surface area contributed by atoms with E-state index in [0.29, 0.717) is 12.5 Å². The molecule has 1 saturated heterocycles. The van der Waals surface area contributed by atoms with Crippen molar-refractivity contribution in [3.63, 3.8) is 0 Å². The predicted molar refractivity (Wildman–Crippen MR) is 78.0 cm³/mol.